The molecule has 1 aromatic carbocycles. The second-order valence-electron chi connectivity index (χ2n) is 5.41. The van der Waals surface area contributed by atoms with Crippen LogP contribution in [0.15, 0.2) is 30.3 Å². The summed E-state index contributed by atoms with van der Waals surface area (Å²) in [7, 11) is 0. The first kappa shape index (κ1) is 13.4. The van der Waals surface area contributed by atoms with Crippen molar-refractivity contribution in [2.45, 2.75) is 31.1 Å². The average Bonchev–Trinajstić information content (AvgIpc) is 2.34. The van der Waals surface area contributed by atoms with Crippen LogP contribution in [0, 0.1) is 5.41 Å². The Hall–Kier alpha value is -1.00. The van der Waals surface area contributed by atoms with Crippen molar-refractivity contribution in [3.63, 3.8) is 0 Å². The molecule has 1 aliphatic rings. The van der Waals surface area contributed by atoms with Crippen molar-refractivity contribution in [3.8, 4) is 0 Å². The number of halogens is 2. The average molecular weight is 256 g/mol. The minimum Gasteiger partial charge on any atom is -0.396 e. The predicted molar refractivity (Wildman–Crippen MR) is 64.6 cm³/mol. The Morgan fingerprint density at radius 2 is 1.61 bits per heavy atom. The van der Waals surface area contributed by atoms with Crippen LogP contribution in [0.25, 0.3) is 0 Å². The summed E-state index contributed by atoms with van der Waals surface area (Å²) in [6.07, 6.45) is -1.75. The minimum absolute atomic E-state index is 0.151. The Balaban J connectivity index is 2.24. The molecule has 0 atom stereocenters. The van der Waals surface area contributed by atoms with E-state index in [1.54, 1.807) is 0 Å². The number of rotatable bonds is 5. The fraction of sp³-hybridized carbons (Fsp3) is 0.571. The Kier molecular flexibility index (Phi) is 3.69. The van der Waals surface area contributed by atoms with Crippen LogP contribution in [-0.2, 0) is 5.41 Å². The van der Waals surface area contributed by atoms with E-state index in [-0.39, 0.29) is 19.6 Å². The number of alkyl halides is 2. The Morgan fingerprint density at radius 1 is 1.06 bits per heavy atom. The molecule has 0 bridgehead atoms. The summed E-state index contributed by atoms with van der Waals surface area (Å²) < 4.78 is 25.5. The van der Waals surface area contributed by atoms with Crippen LogP contribution in [0.5, 0.6) is 0 Å². The molecule has 100 valence electrons. The molecular formula is C14H18F2O2. The lowest BCUT2D eigenvalue weighted by atomic mass is 9.49. The molecule has 0 amide bonds. The van der Waals surface area contributed by atoms with E-state index in [2.05, 4.69) is 0 Å². The zero-order valence-electron chi connectivity index (χ0n) is 10.1. The first-order valence-electron chi connectivity index (χ1n) is 6.11. The maximum atomic E-state index is 12.8. The second kappa shape index (κ2) is 4.94. The first-order valence-corrected chi connectivity index (χ1v) is 6.11. The Bertz CT molecular complexity index is 380. The lowest BCUT2D eigenvalue weighted by molar-refractivity contribution is -0.0857. The van der Waals surface area contributed by atoms with E-state index in [4.69, 9.17) is 0 Å². The van der Waals surface area contributed by atoms with Crippen molar-refractivity contribution in [1.82, 2.24) is 0 Å². The topological polar surface area (TPSA) is 40.5 Å². The molecule has 0 unspecified atom stereocenters. The van der Waals surface area contributed by atoms with Gasteiger partial charge in [0.25, 0.3) is 0 Å². The van der Waals surface area contributed by atoms with E-state index in [1.165, 1.54) is 0 Å². The molecule has 1 aromatic rings. The van der Waals surface area contributed by atoms with E-state index >= 15 is 0 Å². The zero-order valence-corrected chi connectivity index (χ0v) is 10.1. The molecule has 0 radical (unpaired) electrons. The van der Waals surface area contributed by atoms with Gasteiger partial charge in [-0.3, -0.25) is 0 Å². The van der Waals surface area contributed by atoms with Crippen molar-refractivity contribution in [1.29, 1.82) is 0 Å². The number of hydrogen-bond donors (Lipinski definition) is 2. The maximum absolute atomic E-state index is 12.8. The summed E-state index contributed by atoms with van der Waals surface area (Å²) in [6, 6.07) is 9.21. The van der Waals surface area contributed by atoms with Crippen LogP contribution in [0.2, 0.25) is 0 Å². The largest absolute Gasteiger partial charge is 0.396 e. The summed E-state index contributed by atoms with van der Waals surface area (Å²) in [6.45, 7) is -0.303. The van der Waals surface area contributed by atoms with E-state index in [1.807, 2.05) is 30.3 Å². The van der Waals surface area contributed by atoms with Crippen LogP contribution in [-0.4, -0.2) is 29.9 Å². The number of aliphatic hydroxyl groups is 2. The maximum Gasteiger partial charge on any atom is 0.239 e. The summed E-state index contributed by atoms with van der Waals surface area (Å²) in [4.78, 5) is 0. The van der Waals surface area contributed by atoms with E-state index < -0.39 is 17.3 Å². The molecule has 2 rings (SSSR count). The molecule has 1 fully saturated rings. The minimum atomic E-state index is -2.37. The van der Waals surface area contributed by atoms with Crippen molar-refractivity contribution in [3.05, 3.63) is 35.9 Å². The smallest absolute Gasteiger partial charge is 0.239 e. The molecular weight excluding hydrogens is 238 g/mol. The van der Waals surface area contributed by atoms with Gasteiger partial charge in [0.2, 0.25) is 6.43 Å². The summed E-state index contributed by atoms with van der Waals surface area (Å²) in [5, 5.41) is 18.6. The van der Waals surface area contributed by atoms with Gasteiger partial charge in [0.15, 0.2) is 0 Å². The van der Waals surface area contributed by atoms with Gasteiger partial charge in [0, 0.05) is 17.3 Å². The van der Waals surface area contributed by atoms with E-state index in [9.17, 15) is 19.0 Å². The molecule has 0 saturated heterocycles. The second-order valence-corrected chi connectivity index (χ2v) is 5.41. The Labute approximate surface area is 105 Å². The number of aliphatic hydroxyl groups excluding tert-OH is 2. The van der Waals surface area contributed by atoms with Crippen LogP contribution >= 0.6 is 0 Å². The molecule has 2 nitrogen and oxygen atoms in total. The van der Waals surface area contributed by atoms with Gasteiger partial charge in [-0.1, -0.05) is 30.3 Å². The molecule has 0 aliphatic heterocycles. The van der Waals surface area contributed by atoms with Gasteiger partial charge in [0.05, 0.1) is 13.2 Å². The molecule has 2 N–H and O–H groups in total. The van der Waals surface area contributed by atoms with E-state index in [0.29, 0.717) is 12.8 Å². The molecule has 0 heterocycles. The van der Waals surface area contributed by atoms with Gasteiger partial charge < -0.3 is 10.2 Å². The molecule has 0 spiro atoms. The highest BCUT2D eigenvalue weighted by Gasteiger charge is 2.55. The zero-order chi connectivity index (χ0) is 13.2. The fourth-order valence-electron chi connectivity index (χ4n) is 3.21. The molecule has 4 heteroatoms. The third-order valence-electron chi connectivity index (χ3n) is 4.03. The van der Waals surface area contributed by atoms with Crippen molar-refractivity contribution in [2.75, 3.05) is 13.2 Å². The van der Waals surface area contributed by atoms with Gasteiger partial charge >= 0.3 is 0 Å². The quantitative estimate of drug-likeness (QED) is 0.849. The normalized spacial score (nSPS) is 20.7. The molecule has 1 aliphatic carbocycles. The first-order chi connectivity index (χ1) is 8.56. The van der Waals surface area contributed by atoms with Crippen molar-refractivity contribution in [2.24, 2.45) is 5.41 Å². The third kappa shape index (κ3) is 2.27. The van der Waals surface area contributed by atoms with Gasteiger partial charge in [-0.15, -0.1) is 0 Å². The molecule has 1 saturated carbocycles. The fourth-order valence-corrected chi connectivity index (χ4v) is 3.21. The number of hydrogen-bond acceptors (Lipinski definition) is 2. The summed E-state index contributed by atoms with van der Waals surface area (Å²) in [5.74, 6) is 0. The highest BCUT2D eigenvalue weighted by Crippen LogP contribution is 2.57. The number of benzene rings is 1. The van der Waals surface area contributed by atoms with Gasteiger partial charge in [-0.05, 0) is 18.4 Å². The van der Waals surface area contributed by atoms with Crippen molar-refractivity contribution >= 4 is 0 Å². The highest BCUT2D eigenvalue weighted by molar-refractivity contribution is 5.31. The van der Waals surface area contributed by atoms with Gasteiger partial charge in [-0.2, -0.15) is 0 Å². The third-order valence-corrected chi connectivity index (χ3v) is 4.03. The molecule has 18 heavy (non-hydrogen) atoms. The van der Waals surface area contributed by atoms with Gasteiger partial charge in [0.1, 0.15) is 0 Å². The van der Waals surface area contributed by atoms with Crippen molar-refractivity contribution < 1.29 is 19.0 Å². The molecule has 0 aromatic heterocycles. The van der Waals surface area contributed by atoms with Crippen LogP contribution < -0.4 is 0 Å². The lowest BCUT2D eigenvalue weighted by Crippen LogP contribution is -2.54. The van der Waals surface area contributed by atoms with Crippen LogP contribution in [0.4, 0.5) is 8.78 Å². The summed E-state index contributed by atoms with van der Waals surface area (Å²) >= 11 is 0. The highest BCUT2D eigenvalue weighted by atomic mass is 19.3. The monoisotopic (exact) mass is 256 g/mol. The Morgan fingerprint density at radius 3 is 2.06 bits per heavy atom. The summed E-state index contributed by atoms with van der Waals surface area (Å²) in [5.41, 5.74) is -0.311. The van der Waals surface area contributed by atoms with Crippen LogP contribution in [0.1, 0.15) is 24.8 Å². The van der Waals surface area contributed by atoms with E-state index in [0.717, 1.165) is 5.56 Å². The van der Waals surface area contributed by atoms with Gasteiger partial charge in [-0.25, -0.2) is 8.78 Å². The predicted octanol–water partition coefficient (Wildman–Crippen LogP) is 2.34. The SMILES string of the molecule is OCC1(CO)CC(CC(F)F)(c2ccccc2)C1. The standard InChI is InChI=1S/C14H18F2O2/c15-12(16)6-14(11-4-2-1-3-5-11)7-13(8-14,9-17)10-18/h1-5,12,17-18H,6-10H2. The van der Waals surface area contributed by atoms with Crippen LogP contribution in [0.3, 0.4) is 0 Å². The lowest BCUT2D eigenvalue weighted by Gasteiger charge is -2.55.